The van der Waals surface area contributed by atoms with Crippen LogP contribution in [0.25, 0.3) is 11.0 Å². The van der Waals surface area contributed by atoms with Gasteiger partial charge in [-0.05, 0) is 18.2 Å². The van der Waals surface area contributed by atoms with Crippen molar-refractivity contribution < 1.29 is 9.90 Å². The summed E-state index contributed by atoms with van der Waals surface area (Å²) in [6.45, 7) is -0.206. The van der Waals surface area contributed by atoms with Crippen molar-refractivity contribution in [1.29, 1.82) is 0 Å². The molecular weight excluding hydrogens is 194 g/mol. The van der Waals surface area contributed by atoms with Crippen molar-refractivity contribution in [2.45, 2.75) is 6.42 Å². The number of carbonyl (C=O) groups excluding carboxylic acids is 1. The molecule has 1 amide bonds. The van der Waals surface area contributed by atoms with Crippen LogP contribution in [0.5, 0.6) is 0 Å². The Balaban J connectivity index is 2.47. The van der Waals surface area contributed by atoms with Gasteiger partial charge in [0.05, 0.1) is 17.6 Å². The van der Waals surface area contributed by atoms with E-state index < -0.39 is 5.91 Å². The molecule has 0 saturated heterocycles. The molecule has 5 nitrogen and oxygen atoms in total. The molecule has 0 aliphatic rings. The molecule has 0 spiro atoms. The maximum atomic E-state index is 10.9. The van der Waals surface area contributed by atoms with Crippen molar-refractivity contribution in [3.05, 3.63) is 29.6 Å². The first kappa shape index (κ1) is 9.67. The molecule has 15 heavy (non-hydrogen) atoms. The normalized spacial score (nSPS) is 10.7. The second-order valence-corrected chi connectivity index (χ2v) is 3.23. The van der Waals surface area contributed by atoms with E-state index in [-0.39, 0.29) is 6.61 Å². The average molecular weight is 204 g/mol. The lowest BCUT2D eigenvalue weighted by molar-refractivity contribution is 0.100. The van der Waals surface area contributed by atoms with E-state index in [1.807, 2.05) is 0 Å². The first-order valence-electron chi connectivity index (χ1n) is 4.57. The number of imidazole rings is 1. The van der Waals surface area contributed by atoms with Crippen molar-refractivity contribution in [1.82, 2.24) is 9.97 Å². The minimum absolute atomic E-state index is 0.206. The molecule has 1 heterocycles. The highest BCUT2D eigenvalue weighted by Gasteiger charge is 2.05. The number of aromatic nitrogens is 2. The molecule has 0 aliphatic heterocycles. The van der Waals surface area contributed by atoms with Gasteiger partial charge in [0.25, 0.3) is 0 Å². The highest BCUT2D eigenvalue weighted by Crippen LogP contribution is 2.13. The van der Waals surface area contributed by atoms with Crippen LogP contribution < -0.4 is 5.73 Å². The van der Waals surface area contributed by atoms with Gasteiger partial charge >= 0.3 is 0 Å². The Kier molecular flexibility index (Phi) is 2.39. The third-order valence-electron chi connectivity index (χ3n) is 2.16. The second kappa shape index (κ2) is 3.70. The second-order valence-electron chi connectivity index (χ2n) is 3.23. The molecule has 77 valence electrons. The van der Waals surface area contributed by atoms with E-state index in [9.17, 15) is 9.90 Å². The lowest BCUT2D eigenvalue weighted by Crippen LogP contribution is -2.10. The largest absolute Gasteiger partial charge is 0.366 e. The SMILES string of the molecule is NC(=O)c1ccc2[nH]c(CC[O])nc2c1. The molecule has 5 heteroatoms. The lowest BCUT2D eigenvalue weighted by atomic mass is 10.2. The molecule has 0 saturated carbocycles. The average Bonchev–Trinajstić information content (AvgIpc) is 2.59. The van der Waals surface area contributed by atoms with Gasteiger partial charge in [-0.2, -0.15) is 0 Å². The zero-order chi connectivity index (χ0) is 10.8. The van der Waals surface area contributed by atoms with Crippen molar-refractivity contribution in [2.24, 2.45) is 5.73 Å². The van der Waals surface area contributed by atoms with Crippen LogP contribution in [0.15, 0.2) is 18.2 Å². The fraction of sp³-hybridized carbons (Fsp3) is 0.200. The van der Waals surface area contributed by atoms with Gasteiger partial charge in [0, 0.05) is 12.0 Å². The summed E-state index contributed by atoms with van der Waals surface area (Å²) in [7, 11) is 0. The van der Waals surface area contributed by atoms with Gasteiger partial charge in [-0.3, -0.25) is 4.79 Å². The highest BCUT2D eigenvalue weighted by atomic mass is 16.3. The number of nitrogens with zero attached hydrogens (tertiary/aromatic N) is 1. The van der Waals surface area contributed by atoms with E-state index in [0.29, 0.717) is 23.3 Å². The Morgan fingerprint density at radius 3 is 2.93 bits per heavy atom. The molecule has 0 unspecified atom stereocenters. The van der Waals surface area contributed by atoms with Gasteiger partial charge in [-0.15, -0.1) is 0 Å². The first-order chi connectivity index (χ1) is 7.20. The predicted molar refractivity (Wildman–Crippen MR) is 53.9 cm³/mol. The first-order valence-corrected chi connectivity index (χ1v) is 4.57. The van der Waals surface area contributed by atoms with Crippen LogP contribution in [0.3, 0.4) is 0 Å². The molecule has 3 N–H and O–H groups in total. The Morgan fingerprint density at radius 2 is 2.27 bits per heavy atom. The van der Waals surface area contributed by atoms with Crippen LogP contribution in [0.2, 0.25) is 0 Å². The quantitative estimate of drug-likeness (QED) is 0.767. The van der Waals surface area contributed by atoms with E-state index in [2.05, 4.69) is 9.97 Å². The van der Waals surface area contributed by atoms with E-state index in [1.54, 1.807) is 18.2 Å². The zero-order valence-electron chi connectivity index (χ0n) is 7.99. The van der Waals surface area contributed by atoms with E-state index in [1.165, 1.54) is 0 Å². The third-order valence-corrected chi connectivity index (χ3v) is 2.16. The molecule has 1 radical (unpaired) electrons. The predicted octanol–water partition coefficient (Wildman–Crippen LogP) is 0.635. The summed E-state index contributed by atoms with van der Waals surface area (Å²) in [6.07, 6.45) is 0.362. The number of aromatic amines is 1. The Labute approximate surface area is 85.9 Å². The maximum Gasteiger partial charge on any atom is 0.248 e. The fourth-order valence-electron chi connectivity index (χ4n) is 1.43. The monoisotopic (exact) mass is 204 g/mol. The Morgan fingerprint density at radius 1 is 1.47 bits per heavy atom. The number of H-pyrrole nitrogens is 1. The summed E-state index contributed by atoms with van der Waals surface area (Å²) in [6, 6.07) is 4.98. The number of primary amides is 1. The summed E-state index contributed by atoms with van der Waals surface area (Å²) in [5.74, 6) is 0.159. The standard InChI is InChI=1S/C10H10N3O2/c11-10(15)6-1-2-7-8(5-6)13-9(12-7)3-4-14/h1-2,5H,3-4H2,(H2,11,15)(H,12,13). The van der Waals surface area contributed by atoms with Crippen LogP contribution >= 0.6 is 0 Å². The van der Waals surface area contributed by atoms with Crippen molar-refractivity contribution in [2.75, 3.05) is 6.61 Å². The molecule has 0 atom stereocenters. The summed E-state index contributed by atoms with van der Waals surface area (Å²) < 4.78 is 0. The molecular formula is C10H10N3O2. The smallest absolute Gasteiger partial charge is 0.248 e. The van der Waals surface area contributed by atoms with Crippen LogP contribution in [0.1, 0.15) is 16.2 Å². The van der Waals surface area contributed by atoms with E-state index in [4.69, 9.17) is 5.73 Å². The molecule has 1 aromatic heterocycles. The third kappa shape index (κ3) is 1.82. The van der Waals surface area contributed by atoms with Gasteiger partial charge in [0.1, 0.15) is 5.82 Å². The fourth-order valence-corrected chi connectivity index (χ4v) is 1.43. The summed E-state index contributed by atoms with van der Waals surface area (Å²) in [5, 5.41) is 10.4. The summed E-state index contributed by atoms with van der Waals surface area (Å²) >= 11 is 0. The summed E-state index contributed by atoms with van der Waals surface area (Å²) in [4.78, 5) is 18.1. The molecule has 0 bridgehead atoms. The summed E-state index contributed by atoms with van der Waals surface area (Å²) in [5.41, 5.74) is 7.03. The number of fused-ring (bicyclic) bond motifs is 1. The van der Waals surface area contributed by atoms with Gasteiger partial charge in [0.2, 0.25) is 5.91 Å². The van der Waals surface area contributed by atoms with Crippen molar-refractivity contribution in [3.63, 3.8) is 0 Å². The minimum Gasteiger partial charge on any atom is -0.366 e. The lowest BCUT2D eigenvalue weighted by Gasteiger charge is -1.93. The number of rotatable bonds is 3. The van der Waals surface area contributed by atoms with E-state index in [0.717, 1.165) is 5.52 Å². The molecule has 1 aromatic carbocycles. The highest BCUT2D eigenvalue weighted by molar-refractivity contribution is 5.96. The van der Waals surface area contributed by atoms with Crippen molar-refractivity contribution in [3.8, 4) is 0 Å². The van der Waals surface area contributed by atoms with Gasteiger partial charge in [0.15, 0.2) is 0 Å². The van der Waals surface area contributed by atoms with Crippen molar-refractivity contribution >= 4 is 16.9 Å². The van der Waals surface area contributed by atoms with Crippen LogP contribution in [0, 0.1) is 0 Å². The zero-order valence-corrected chi connectivity index (χ0v) is 7.99. The van der Waals surface area contributed by atoms with Crippen LogP contribution in [-0.4, -0.2) is 22.5 Å². The Hall–Kier alpha value is -1.88. The van der Waals surface area contributed by atoms with E-state index >= 15 is 0 Å². The Bertz CT molecular complexity index is 504. The number of nitrogens with two attached hydrogens (primary N) is 1. The number of amides is 1. The topological polar surface area (TPSA) is 91.7 Å². The molecule has 0 fully saturated rings. The molecule has 2 aromatic rings. The molecule has 0 aliphatic carbocycles. The number of benzene rings is 1. The van der Waals surface area contributed by atoms with Gasteiger partial charge in [-0.1, -0.05) is 0 Å². The molecule has 2 rings (SSSR count). The number of carbonyl (C=O) groups is 1. The van der Waals surface area contributed by atoms with Crippen LogP contribution in [0.4, 0.5) is 0 Å². The number of hydrogen-bond acceptors (Lipinski definition) is 2. The van der Waals surface area contributed by atoms with Gasteiger partial charge < -0.3 is 10.7 Å². The number of hydrogen-bond donors (Lipinski definition) is 2. The maximum absolute atomic E-state index is 10.9. The van der Waals surface area contributed by atoms with Crippen LogP contribution in [-0.2, 0) is 11.5 Å². The number of nitrogens with one attached hydrogen (secondary N) is 1. The minimum atomic E-state index is -0.481. The van der Waals surface area contributed by atoms with Gasteiger partial charge in [-0.25, -0.2) is 10.1 Å².